The summed E-state index contributed by atoms with van der Waals surface area (Å²) in [7, 11) is 3.27. The first kappa shape index (κ1) is 21.5. The molecule has 0 fully saturated rings. The SMILES string of the molecule is COc1cccc(-c2nnc(SCc3ccc(C(N)=O)cc3)n2-c2ccccc2OC)c1. The van der Waals surface area contributed by atoms with Gasteiger partial charge >= 0.3 is 0 Å². The Hall–Kier alpha value is -3.78. The number of thioether (sulfide) groups is 1. The average Bonchev–Trinajstić information content (AvgIpc) is 3.26. The van der Waals surface area contributed by atoms with Gasteiger partial charge in [-0.1, -0.05) is 48.2 Å². The molecule has 1 heterocycles. The number of para-hydroxylation sites is 2. The van der Waals surface area contributed by atoms with E-state index < -0.39 is 5.91 Å². The van der Waals surface area contributed by atoms with E-state index in [1.165, 1.54) is 0 Å². The summed E-state index contributed by atoms with van der Waals surface area (Å²) in [6.07, 6.45) is 0. The van der Waals surface area contributed by atoms with Crippen molar-refractivity contribution >= 4 is 17.7 Å². The van der Waals surface area contributed by atoms with Crippen molar-refractivity contribution in [2.24, 2.45) is 5.73 Å². The number of methoxy groups -OCH3 is 2. The molecule has 3 aromatic carbocycles. The molecular formula is C24H22N4O3S. The van der Waals surface area contributed by atoms with Crippen LogP contribution in [0.25, 0.3) is 17.1 Å². The van der Waals surface area contributed by atoms with E-state index in [0.29, 0.717) is 28.0 Å². The summed E-state index contributed by atoms with van der Waals surface area (Å²) in [5.74, 6) is 2.33. The smallest absolute Gasteiger partial charge is 0.248 e. The quantitative estimate of drug-likeness (QED) is 0.405. The van der Waals surface area contributed by atoms with Gasteiger partial charge in [-0.05, 0) is 42.0 Å². The fourth-order valence-electron chi connectivity index (χ4n) is 3.26. The second-order valence-electron chi connectivity index (χ2n) is 6.90. The Kier molecular flexibility index (Phi) is 6.42. The lowest BCUT2D eigenvalue weighted by Gasteiger charge is -2.14. The molecule has 0 saturated heterocycles. The maximum atomic E-state index is 11.3. The van der Waals surface area contributed by atoms with Crippen LogP contribution in [-0.4, -0.2) is 34.9 Å². The van der Waals surface area contributed by atoms with Gasteiger partial charge in [-0.15, -0.1) is 10.2 Å². The zero-order valence-corrected chi connectivity index (χ0v) is 18.5. The molecular weight excluding hydrogens is 424 g/mol. The summed E-state index contributed by atoms with van der Waals surface area (Å²) >= 11 is 1.54. The molecule has 0 unspecified atom stereocenters. The minimum absolute atomic E-state index is 0.442. The molecule has 0 aliphatic heterocycles. The van der Waals surface area contributed by atoms with Gasteiger partial charge in [-0.2, -0.15) is 0 Å². The first-order valence-corrected chi connectivity index (χ1v) is 10.8. The Labute approximate surface area is 190 Å². The van der Waals surface area contributed by atoms with E-state index in [-0.39, 0.29) is 0 Å². The van der Waals surface area contributed by atoms with Crippen LogP contribution in [0.15, 0.2) is 78.0 Å². The van der Waals surface area contributed by atoms with Gasteiger partial charge in [0.2, 0.25) is 5.91 Å². The third-order valence-electron chi connectivity index (χ3n) is 4.89. The molecule has 2 N–H and O–H groups in total. The molecule has 162 valence electrons. The number of nitrogens with zero attached hydrogens (tertiary/aromatic N) is 3. The van der Waals surface area contributed by atoms with Crippen LogP contribution in [-0.2, 0) is 5.75 Å². The summed E-state index contributed by atoms with van der Waals surface area (Å²) in [5, 5.41) is 9.66. The summed E-state index contributed by atoms with van der Waals surface area (Å²) in [4.78, 5) is 11.3. The second kappa shape index (κ2) is 9.57. The van der Waals surface area contributed by atoms with Crippen molar-refractivity contribution in [2.45, 2.75) is 10.9 Å². The lowest BCUT2D eigenvalue weighted by atomic mass is 10.1. The molecule has 0 aliphatic rings. The number of hydrogen-bond acceptors (Lipinski definition) is 6. The molecule has 4 aromatic rings. The van der Waals surface area contributed by atoms with E-state index in [2.05, 4.69) is 10.2 Å². The van der Waals surface area contributed by atoms with Gasteiger partial charge in [0, 0.05) is 16.9 Å². The van der Waals surface area contributed by atoms with Crippen LogP contribution < -0.4 is 15.2 Å². The summed E-state index contributed by atoms with van der Waals surface area (Å²) in [5.41, 5.74) is 8.57. The van der Waals surface area contributed by atoms with Gasteiger partial charge in [-0.3, -0.25) is 9.36 Å². The van der Waals surface area contributed by atoms with Crippen LogP contribution in [0.3, 0.4) is 0 Å². The van der Waals surface area contributed by atoms with Crippen LogP contribution in [0, 0.1) is 0 Å². The molecule has 1 aromatic heterocycles. The highest BCUT2D eigenvalue weighted by atomic mass is 32.2. The third kappa shape index (κ3) is 4.45. The van der Waals surface area contributed by atoms with Crippen molar-refractivity contribution in [3.05, 3.63) is 83.9 Å². The van der Waals surface area contributed by atoms with Gasteiger partial charge in [-0.25, -0.2) is 0 Å². The lowest BCUT2D eigenvalue weighted by Crippen LogP contribution is -2.10. The number of amides is 1. The van der Waals surface area contributed by atoms with E-state index >= 15 is 0 Å². The number of aromatic nitrogens is 3. The second-order valence-corrected chi connectivity index (χ2v) is 7.84. The van der Waals surface area contributed by atoms with Crippen molar-refractivity contribution in [3.63, 3.8) is 0 Å². The zero-order valence-electron chi connectivity index (χ0n) is 17.7. The molecule has 7 nitrogen and oxygen atoms in total. The van der Waals surface area contributed by atoms with Gasteiger partial charge in [0.05, 0.1) is 19.9 Å². The fourth-order valence-corrected chi connectivity index (χ4v) is 4.16. The molecule has 0 radical (unpaired) electrons. The number of nitrogens with two attached hydrogens (primary N) is 1. The van der Waals surface area contributed by atoms with Gasteiger partial charge in [0.1, 0.15) is 11.5 Å². The molecule has 0 spiro atoms. The van der Waals surface area contributed by atoms with Gasteiger partial charge in [0.25, 0.3) is 0 Å². The van der Waals surface area contributed by atoms with Crippen LogP contribution in [0.5, 0.6) is 11.5 Å². The molecule has 0 bridgehead atoms. The number of benzene rings is 3. The monoisotopic (exact) mass is 446 g/mol. The first-order chi connectivity index (χ1) is 15.6. The molecule has 0 atom stereocenters. The topological polar surface area (TPSA) is 92.3 Å². The summed E-state index contributed by atoms with van der Waals surface area (Å²) < 4.78 is 13.0. The molecule has 0 saturated carbocycles. The summed E-state index contributed by atoms with van der Waals surface area (Å²) in [6.45, 7) is 0. The van der Waals surface area contributed by atoms with Crippen LogP contribution in [0.4, 0.5) is 0 Å². The van der Waals surface area contributed by atoms with Crippen LogP contribution in [0.2, 0.25) is 0 Å². The first-order valence-electron chi connectivity index (χ1n) is 9.85. The molecule has 4 rings (SSSR count). The minimum Gasteiger partial charge on any atom is -0.497 e. The van der Waals surface area contributed by atoms with Gasteiger partial charge in [0.15, 0.2) is 11.0 Å². The van der Waals surface area contributed by atoms with E-state index in [1.54, 1.807) is 38.1 Å². The number of hydrogen-bond donors (Lipinski definition) is 1. The molecule has 0 aliphatic carbocycles. The minimum atomic E-state index is -0.442. The number of primary amides is 1. The fraction of sp³-hybridized carbons (Fsp3) is 0.125. The Morgan fingerprint density at radius 1 is 0.969 bits per heavy atom. The zero-order chi connectivity index (χ0) is 22.5. The average molecular weight is 447 g/mol. The van der Waals surface area contributed by atoms with Crippen molar-refractivity contribution in [3.8, 4) is 28.6 Å². The Bertz CT molecular complexity index is 1240. The van der Waals surface area contributed by atoms with Crippen LogP contribution >= 0.6 is 11.8 Å². The third-order valence-corrected chi connectivity index (χ3v) is 5.89. The maximum absolute atomic E-state index is 11.3. The lowest BCUT2D eigenvalue weighted by molar-refractivity contribution is 0.100. The molecule has 8 heteroatoms. The maximum Gasteiger partial charge on any atom is 0.248 e. The number of ether oxygens (including phenoxy) is 2. The van der Waals surface area contributed by atoms with Gasteiger partial charge < -0.3 is 15.2 Å². The number of carbonyl (C=O) groups excluding carboxylic acids is 1. The Morgan fingerprint density at radius 3 is 2.47 bits per heavy atom. The normalized spacial score (nSPS) is 10.7. The van der Waals surface area contributed by atoms with Crippen molar-refractivity contribution in [2.75, 3.05) is 14.2 Å². The largest absolute Gasteiger partial charge is 0.497 e. The molecule has 32 heavy (non-hydrogen) atoms. The number of carbonyl (C=O) groups is 1. The predicted octanol–water partition coefficient (Wildman–Crippen LogP) is 4.34. The molecule has 1 amide bonds. The Balaban J connectivity index is 1.73. The van der Waals surface area contributed by atoms with Crippen molar-refractivity contribution in [1.82, 2.24) is 14.8 Å². The number of rotatable bonds is 8. The highest BCUT2D eigenvalue weighted by Gasteiger charge is 2.19. The van der Waals surface area contributed by atoms with E-state index in [9.17, 15) is 4.79 Å². The van der Waals surface area contributed by atoms with E-state index in [4.69, 9.17) is 15.2 Å². The van der Waals surface area contributed by atoms with E-state index in [1.807, 2.05) is 65.2 Å². The Morgan fingerprint density at radius 2 is 1.75 bits per heavy atom. The standard InChI is InChI=1S/C24H22N4O3S/c1-30-19-7-5-6-18(14-19)23-26-27-24(28(23)20-8-3-4-9-21(20)31-2)32-15-16-10-12-17(13-11-16)22(25)29/h3-14H,15H2,1-2H3,(H2,25,29). The summed E-state index contributed by atoms with van der Waals surface area (Å²) in [6, 6.07) is 22.7. The van der Waals surface area contributed by atoms with Crippen molar-refractivity contribution in [1.29, 1.82) is 0 Å². The van der Waals surface area contributed by atoms with Crippen LogP contribution in [0.1, 0.15) is 15.9 Å². The van der Waals surface area contributed by atoms with Crippen molar-refractivity contribution < 1.29 is 14.3 Å². The predicted molar refractivity (Wildman–Crippen MR) is 124 cm³/mol. The van der Waals surface area contributed by atoms with E-state index in [0.717, 1.165) is 22.6 Å². The highest BCUT2D eigenvalue weighted by molar-refractivity contribution is 7.98. The highest BCUT2D eigenvalue weighted by Crippen LogP contribution is 2.34.